The largest absolute Gasteiger partial charge is 0.506 e. The van der Waals surface area contributed by atoms with Gasteiger partial charge in [0.1, 0.15) is 11.3 Å². The Morgan fingerprint density at radius 1 is 1.14 bits per heavy atom. The summed E-state index contributed by atoms with van der Waals surface area (Å²) in [6.07, 6.45) is 2.16. The number of aromatic nitrogens is 1. The van der Waals surface area contributed by atoms with Crippen molar-refractivity contribution in [2.24, 2.45) is 0 Å². The molecule has 1 aromatic carbocycles. The molecule has 2 heterocycles. The molecular formula is C17H23N3O2. The lowest BCUT2D eigenvalue weighted by molar-refractivity contribution is 0.225. The van der Waals surface area contributed by atoms with E-state index in [0.717, 1.165) is 51.0 Å². The van der Waals surface area contributed by atoms with Crippen LogP contribution in [0, 0.1) is 0 Å². The van der Waals surface area contributed by atoms with Crippen molar-refractivity contribution in [1.29, 1.82) is 0 Å². The van der Waals surface area contributed by atoms with Crippen molar-refractivity contribution < 1.29 is 9.84 Å². The molecule has 3 rings (SSSR count). The number of ether oxygens (including phenoxy) is 1. The maximum absolute atomic E-state index is 9.82. The molecule has 1 fully saturated rings. The third kappa shape index (κ3) is 3.87. The Hall–Kier alpha value is -1.85. The second-order valence-corrected chi connectivity index (χ2v) is 5.65. The number of fused-ring (bicyclic) bond motifs is 1. The van der Waals surface area contributed by atoms with Crippen molar-refractivity contribution in [3.63, 3.8) is 0 Å². The van der Waals surface area contributed by atoms with Crippen molar-refractivity contribution in [3.05, 3.63) is 30.3 Å². The second kappa shape index (κ2) is 7.42. The molecule has 0 bridgehead atoms. The van der Waals surface area contributed by atoms with Gasteiger partial charge in [-0.2, -0.15) is 0 Å². The van der Waals surface area contributed by atoms with Crippen molar-refractivity contribution in [1.82, 2.24) is 15.2 Å². The van der Waals surface area contributed by atoms with Gasteiger partial charge in [0, 0.05) is 37.6 Å². The molecular weight excluding hydrogens is 278 g/mol. The Balaban J connectivity index is 1.44. The van der Waals surface area contributed by atoms with Crippen LogP contribution in [0.4, 0.5) is 0 Å². The molecule has 0 atom stereocenters. The zero-order chi connectivity index (χ0) is 15.2. The average molecular weight is 301 g/mol. The van der Waals surface area contributed by atoms with Gasteiger partial charge in [-0.25, -0.2) is 4.98 Å². The van der Waals surface area contributed by atoms with E-state index in [4.69, 9.17) is 4.74 Å². The Bertz CT molecular complexity index is 612. The van der Waals surface area contributed by atoms with E-state index < -0.39 is 0 Å². The molecule has 1 saturated heterocycles. The van der Waals surface area contributed by atoms with Crippen LogP contribution in [0.3, 0.4) is 0 Å². The first-order valence-electron chi connectivity index (χ1n) is 7.97. The molecule has 1 aliphatic heterocycles. The van der Waals surface area contributed by atoms with Gasteiger partial charge < -0.3 is 20.1 Å². The second-order valence-electron chi connectivity index (χ2n) is 5.65. The highest BCUT2D eigenvalue weighted by Crippen LogP contribution is 2.24. The number of phenols is 1. The molecule has 0 aliphatic carbocycles. The third-order valence-electron chi connectivity index (χ3n) is 4.00. The van der Waals surface area contributed by atoms with Crippen LogP contribution >= 0.6 is 0 Å². The maximum Gasteiger partial charge on any atom is 0.213 e. The SMILES string of the molecule is Oc1cccc2ccc(OCCCCN3CCNCC3)nc12. The number of aromatic hydroxyl groups is 1. The molecule has 0 saturated carbocycles. The lowest BCUT2D eigenvalue weighted by Gasteiger charge is -2.26. The molecule has 1 aromatic heterocycles. The van der Waals surface area contributed by atoms with Crippen LogP contribution in [0.1, 0.15) is 12.8 Å². The topological polar surface area (TPSA) is 57.6 Å². The number of para-hydroxylation sites is 1. The number of hydrogen-bond acceptors (Lipinski definition) is 5. The monoisotopic (exact) mass is 301 g/mol. The number of hydrogen-bond donors (Lipinski definition) is 2. The fourth-order valence-electron chi connectivity index (χ4n) is 2.74. The standard InChI is InChI=1S/C17H23N3O2/c21-15-5-3-4-14-6-7-16(19-17(14)15)22-13-2-1-10-20-11-8-18-9-12-20/h3-7,18,21H,1-2,8-13H2. The van der Waals surface area contributed by atoms with Crippen molar-refractivity contribution >= 4 is 10.9 Å². The van der Waals surface area contributed by atoms with Gasteiger partial charge in [0.05, 0.1) is 6.61 Å². The normalized spacial score (nSPS) is 16.0. The first-order chi connectivity index (χ1) is 10.8. The number of benzene rings is 1. The van der Waals surface area contributed by atoms with E-state index in [1.807, 2.05) is 24.3 Å². The molecule has 0 amide bonds. The lowest BCUT2D eigenvalue weighted by Crippen LogP contribution is -2.43. The summed E-state index contributed by atoms with van der Waals surface area (Å²) in [4.78, 5) is 6.86. The highest BCUT2D eigenvalue weighted by molar-refractivity contribution is 5.84. The van der Waals surface area contributed by atoms with Crippen molar-refractivity contribution in [2.75, 3.05) is 39.3 Å². The maximum atomic E-state index is 9.82. The molecule has 22 heavy (non-hydrogen) atoms. The fourth-order valence-corrected chi connectivity index (χ4v) is 2.74. The molecule has 5 heteroatoms. The van der Waals surface area contributed by atoms with Crippen LogP contribution in [-0.2, 0) is 0 Å². The van der Waals surface area contributed by atoms with Gasteiger partial charge in [-0.05, 0) is 31.5 Å². The van der Waals surface area contributed by atoms with Gasteiger partial charge >= 0.3 is 0 Å². The zero-order valence-electron chi connectivity index (χ0n) is 12.8. The summed E-state index contributed by atoms with van der Waals surface area (Å²) in [6.45, 7) is 6.29. The zero-order valence-corrected chi connectivity index (χ0v) is 12.8. The lowest BCUT2D eigenvalue weighted by atomic mass is 10.2. The van der Waals surface area contributed by atoms with Crippen molar-refractivity contribution in [3.8, 4) is 11.6 Å². The smallest absolute Gasteiger partial charge is 0.213 e. The van der Waals surface area contributed by atoms with E-state index in [0.29, 0.717) is 18.0 Å². The van der Waals surface area contributed by atoms with Crippen LogP contribution in [0.15, 0.2) is 30.3 Å². The highest BCUT2D eigenvalue weighted by Gasteiger charge is 2.08. The van der Waals surface area contributed by atoms with E-state index in [1.165, 1.54) is 0 Å². The summed E-state index contributed by atoms with van der Waals surface area (Å²) >= 11 is 0. The molecule has 0 spiro atoms. The Labute approximate surface area is 130 Å². The highest BCUT2D eigenvalue weighted by atomic mass is 16.5. The molecule has 5 nitrogen and oxygen atoms in total. The summed E-state index contributed by atoms with van der Waals surface area (Å²) in [5.74, 6) is 0.776. The van der Waals surface area contributed by atoms with Crippen LogP contribution in [0.2, 0.25) is 0 Å². The number of phenolic OH excluding ortho intramolecular Hbond substituents is 1. The summed E-state index contributed by atoms with van der Waals surface area (Å²) in [6, 6.07) is 9.18. The van der Waals surface area contributed by atoms with Gasteiger partial charge in [-0.15, -0.1) is 0 Å². The van der Waals surface area contributed by atoms with Crippen LogP contribution in [-0.4, -0.2) is 54.3 Å². The third-order valence-corrected chi connectivity index (χ3v) is 4.00. The predicted molar refractivity (Wildman–Crippen MR) is 87.4 cm³/mol. The molecule has 1 aliphatic rings. The molecule has 0 radical (unpaired) electrons. The van der Waals surface area contributed by atoms with E-state index in [-0.39, 0.29) is 5.75 Å². The Kier molecular flexibility index (Phi) is 5.08. The number of pyridine rings is 1. The number of rotatable bonds is 6. The Morgan fingerprint density at radius 2 is 2.00 bits per heavy atom. The van der Waals surface area contributed by atoms with Crippen LogP contribution < -0.4 is 10.1 Å². The average Bonchev–Trinajstić information content (AvgIpc) is 2.56. The van der Waals surface area contributed by atoms with Gasteiger partial charge in [0.25, 0.3) is 0 Å². The summed E-state index contributed by atoms with van der Waals surface area (Å²) < 4.78 is 5.71. The Morgan fingerprint density at radius 3 is 2.86 bits per heavy atom. The fraction of sp³-hybridized carbons (Fsp3) is 0.471. The minimum atomic E-state index is 0.196. The summed E-state index contributed by atoms with van der Waals surface area (Å²) in [7, 11) is 0. The van der Waals surface area contributed by atoms with Gasteiger partial charge in [-0.1, -0.05) is 12.1 Å². The summed E-state index contributed by atoms with van der Waals surface area (Å²) in [5.41, 5.74) is 0.598. The van der Waals surface area contributed by atoms with Gasteiger partial charge in [0.15, 0.2) is 0 Å². The summed E-state index contributed by atoms with van der Waals surface area (Å²) in [5, 5.41) is 14.1. The van der Waals surface area contributed by atoms with E-state index in [1.54, 1.807) is 6.07 Å². The van der Waals surface area contributed by atoms with E-state index >= 15 is 0 Å². The molecule has 0 unspecified atom stereocenters. The minimum absolute atomic E-state index is 0.196. The van der Waals surface area contributed by atoms with E-state index in [2.05, 4.69) is 15.2 Å². The molecule has 118 valence electrons. The van der Waals surface area contributed by atoms with E-state index in [9.17, 15) is 5.11 Å². The number of unbranched alkanes of at least 4 members (excludes halogenated alkanes) is 1. The first kappa shape index (κ1) is 15.1. The molecule has 2 N–H and O–H groups in total. The van der Waals surface area contributed by atoms with Crippen molar-refractivity contribution in [2.45, 2.75) is 12.8 Å². The number of nitrogens with zero attached hydrogens (tertiary/aromatic N) is 2. The number of piperazine rings is 1. The van der Waals surface area contributed by atoms with Crippen LogP contribution in [0.25, 0.3) is 10.9 Å². The van der Waals surface area contributed by atoms with Gasteiger partial charge in [0.2, 0.25) is 5.88 Å². The van der Waals surface area contributed by atoms with Crippen LogP contribution in [0.5, 0.6) is 11.6 Å². The number of nitrogens with one attached hydrogen (secondary N) is 1. The minimum Gasteiger partial charge on any atom is -0.506 e. The molecule has 2 aromatic rings. The predicted octanol–water partition coefficient (Wildman–Crippen LogP) is 2.00. The van der Waals surface area contributed by atoms with Gasteiger partial charge in [-0.3, -0.25) is 0 Å². The first-order valence-corrected chi connectivity index (χ1v) is 7.97. The quantitative estimate of drug-likeness (QED) is 0.799.